The standard InChI is InChI=1S/C18H22N2OS/c19-12-7-13-20(14-16-8-3-1-4-9-16)18(21)15-22-17-10-5-2-6-11-17/h1-6,8-11H,7,12-15,19H2. The third-order valence-corrected chi connectivity index (χ3v) is 4.30. The maximum absolute atomic E-state index is 12.5. The zero-order chi connectivity index (χ0) is 15.6. The number of carbonyl (C=O) groups excluding carboxylic acids is 1. The van der Waals surface area contributed by atoms with Crippen LogP contribution in [0, 0.1) is 0 Å². The van der Waals surface area contributed by atoms with E-state index in [0.717, 1.165) is 16.9 Å². The first-order valence-electron chi connectivity index (χ1n) is 7.49. The summed E-state index contributed by atoms with van der Waals surface area (Å²) in [5.41, 5.74) is 6.74. The first-order chi connectivity index (χ1) is 10.8. The molecule has 116 valence electrons. The van der Waals surface area contributed by atoms with Crippen molar-refractivity contribution in [2.45, 2.75) is 17.9 Å². The number of hydrogen-bond acceptors (Lipinski definition) is 3. The summed E-state index contributed by atoms with van der Waals surface area (Å²) in [5.74, 6) is 0.618. The van der Waals surface area contributed by atoms with E-state index in [1.807, 2.05) is 65.6 Å². The number of rotatable bonds is 8. The van der Waals surface area contributed by atoms with Gasteiger partial charge in [-0.25, -0.2) is 0 Å². The van der Waals surface area contributed by atoms with Crippen molar-refractivity contribution in [3.63, 3.8) is 0 Å². The molecule has 0 atom stereocenters. The maximum Gasteiger partial charge on any atom is 0.233 e. The van der Waals surface area contributed by atoms with E-state index in [1.54, 1.807) is 11.8 Å². The van der Waals surface area contributed by atoms with E-state index < -0.39 is 0 Å². The van der Waals surface area contributed by atoms with Crippen molar-refractivity contribution in [3.05, 3.63) is 66.2 Å². The number of thioether (sulfide) groups is 1. The molecule has 0 aliphatic rings. The van der Waals surface area contributed by atoms with E-state index in [-0.39, 0.29) is 5.91 Å². The van der Waals surface area contributed by atoms with Crippen molar-refractivity contribution < 1.29 is 4.79 Å². The Kier molecular flexibility index (Phi) is 7.00. The van der Waals surface area contributed by atoms with Crippen LogP contribution in [0.15, 0.2) is 65.6 Å². The van der Waals surface area contributed by atoms with Crippen molar-refractivity contribution in [1.29, 1.82) is 0 Å². The fourth-order valence-electron chi connectivity index (χ4n) is 2.13. The highest BCUT2D eigenvalue weighted by Gasteiger charge is 2.13. The number of benzene rings is 2. The number of amides is 1. The number of nitrogens with two attached hydrogens (primary N) is 1. The Morgan fingerprint density at radius 3 is 2.27 bits per heavy atom. The minimum absolute atomic E-state index is 0.158. The Morgan fingerprint density at radius 2 is 1.64 bits per heavy atom. The Bertz CT molecular complexity index is 560. The van der Waals surface area contributed by atoms with Crippen LogP contribution in [0.4, 0.5) is 0 Å². The molecule has 0 saturated heterocycles. The van der Waals surface area contributed by atoms with Crippen molar-refractivity contribution in [1.82, 2.24) is 4.90 Å². The van der Waals surface area contributed by atoms with Crippen LogP contribution in [0.3, 0.4) is 0 Å². The van der Waals surface area contributed by atoms with Gasteiger partial charge in [0.05, 0.1) is 5.75 Å². The average Bonchev–Trinajstić information content (AvgIpc) is 2.58. The SMILES string of the molecule is NCCCN(Cc1ccccc1)C(=O)CSc1ccccc1. The van der Waals surface area contributed by atoms with Gasteiger partial charge in [-0.3, -0.25) is 4.79 Å². The largest absolute Gasteiger partial charge is 0.338 e. The van der Waals surface area contributed by atoms with Gasteiger partial charge in [0.15, 0.2) is 0 Å². The normalized spacial score (nSPS) is 10.4. The van der Waals surface area contributed by atoms with Crippen molar-refractivity contribution in [2.24, 2.45) is 5.73 Å². The molecule has 4 heteroatoms. The van der Waals surface area contributed by atoms with E-state index in [1.165, 1.54) is 0 Å². The summed E-state index contributed by atoms with van der Waals surface area (Å²) in [7, 11) is 0. The molecule has 2 aromatic rings. The second kappa shape index (κ2) is 9.28. The number of carbonyl (C=O) groups is 1. The van der Waals surface area contributed by atoms with E-state index >= 15 is 0 Å². The third kappa shape index (κ3) is 5.54. The fraction of sp³-hybridized carbons (Fsp3) is 0.278. The van der Waals surface area contributed by atoms with Crippen molar-refractivity contribution in [2.75, 3.05) is 18.8 Å². The highest BCUT2D eigenvalue weighted by atomic mass is 32.2. The van der Waals surface area contributed by atoms with Gasteiger partial charge in [-0.2, -0.15) is 0 Å². The first kappa shape index (κ1) is 16.6. The molecule has 1 amide bonds. The summed E-state index contributed by atoms with van der Waals surface area (Å²) in [5, 5.41) is 0. The summed E-state index contributed by atoms with van der Waals surface area (Å²) in [6, 6.07) is 20.1. The van der Waals surface area contributed by atoms with E-state index in [4.69, 9.17) is 5.73 Å². The van der Waals surface area contributed by atoms with Crippen LogP contribution in [0.25, 0.3) is 0 Å². The molecule has 0 unspecified atom stereocenters. The molecule has 22 heavy (non-hydrogen) atoms. The summed E-state index contributed by atoms with van der Waals surface area (Å²) >= 11 is 1.58. The molecule has 0 radical (unpaired) electrons. The van der Waals surface area contributed by atoms with Gasteiger partial charge in [0.1, 0.15) is 0 Å². The number of nitrogens with zero attached hydrogens (tertiary/aromatic N) is 1. The van der Waals surface area contributed by atoms with Gasteiger partial charge in [-0.15, -0.1) is 11.8 Å². The molecular formula is C18H22N2OS. The molecule has 0 aliphatic carbocycles. The first-order valence-corrected chi connectivity index (χ1v) is 8.48. The molecule has 0 aliphatic heterocycles. The van der Waals surface area contributed by atoms with E-state index in [2.05, 4.69) is 0 Å². The van der Waals surface area contributed by atoms with Crippen molar-refractivity contribution in [3.8, 4) is 0 Å². The highest BCUT2D eigenvalue weighted by Crippen LogP contribution is 2.18. The molecule has 0 fully saturated rings. The summed E-state index contributed by atoms with van der Waals surface area (Å²) < 4.78 is 0. The van der Waals surface area contributed by atoms with Crippen LogP contribution in [0.2, 0.25) is 0 Å². The van der Waals surface area contributed by atoms with Crippen LogP contribution >= 0.6 is 11.8 Å². The van der Waals surface area contributed by atoms with Crippen LogP contribution in [-0.4, -0.2) is 29.6 Å². The smallest absolute Gasteiger partial charge is 0.233 e. The molecule has 0 heterocycles. The Morgan fingerprint density at radius 1 is 1.00 bits per heavy atom. The third-order valence-electron chi connectivity index (χ3n) is 3.31. The summed E-state index contributed by atoms with van der Waals surface area (Å²) in [6.07, 6.45) is 0.828. The second-order valence-corrected chi connectivity index (χ2v) is 6.09. The molecule has 2 N–H and O–H groups in total. The van der Waals surface area contributed by atoms with E-state index in [0.29, 0.717) is 25.4 Å². The molecule has 2 aromatic carbocycles. The predicted molar refractivity (Wildman–Crippen MR) is 92.7 cm³/mol. The molecule has 0 aromatic heterocycles. The van der Waals surface area contributed by atoms with Crippen LogP contribution in [-0.2, 0) is 11.3 Å². The lowest BCUT2D eigenvalue weighted by atomic mass is 10.2. The fourth-order valence-corrected chi connectivity index (χ4v) is 2.95. The van der Waals surface area contributed by atoms with Gasteiger partial charge in [-0.05, 0) is 30.7 Å². The Balaban J connectivity index is 1.93. The second-order valence-electron chi connectivity index (χ2n) is 5.04. The topological polar surface area (TPSA) is 46.3 Å². The van der Waals surface area contributed by atoms with Crippen LogP contribution in [0.1, 0.15) is 12.0 Å². The van der Waals surface area contributed by atoms with Gasteiger partial charge in [-0.1, -0.05) is 48.5 Å². The lowest BCUT2D eigenvalue weighted by molar-refractivity contribution is -0.129. The quantitative estimate of drug-likeness (QED) is 0.761. The Labute approximate surface area is 136 Å². The van der Waals surface area contributed by atoms with Crippen molar-refractivity contribution >= 4 is 17.7 Å². The maximum atomic E-state index is 12.5. The number of hydrogen-bond donors (Lipinski definition) is 1. The zero-order valence-corrected chi connectivity index (χ0v) is 13.5. The zero-order valence-electron chi connectivity index (χ0n) is 12.7. The molecule has 0 bridgehead atoms. The van der Waals surface area contributed by atoms with Gasteiger partial charge in [0, 0.05) is 18.0 Å². The Hall–Kier alpha value is -1.78. The average molecular weight is 314 g/mol. The molecule has 0 saturated carbocycles. The molecule has 0 spiro atoms. The van der Waals surface area contributed by atoms with Gasteiger partial charge < -0.3 is 10.6 Å². The lowest BCUT2D eigenvalue weighted by Gasteiger charge is -2.22. The van der Waals surface area contributed by atoms with Gasteiger partial charge in [0.25, 0.3) is 0 Å². The molecular weight excluding hydrogens is 292 g/mol. The minimum atomic E-state index is 0.158. The monoisotopic (exact) mass is 314 g/mol. The van der Waals surface area contributed by atoms with Gasteiger partial charge >= 0.3 is 0 Å². The van der Waals surface area contributed by atoms with E-state index in [9.17, 15) is 4.79 Å². The highest BCUT2D eigenvalue weighted by molar-refractivity contribution is 8.00. The minimum Gasteiger partial charge on any atom is -0.338 e. The summed E-state index contributed by atoms with van der Waals surface area (Å²) in [6.45, 7) is 1.96. The lowest BCUT2D eigenvalue weighted by Crippen LogP contribution is -2.33. The molecule has 3 nitrogen and oxygen atoms in total. The van der Waals surface area contributed by atoms with Crippen LogP contribution in [0.5, 0.6) is 0 Å². The molecule has 2 rings (SSSR count). The predicted octanol–water partition coefficient (Wildman–Crippen LogP) is 3.16. The summed E-state index contributed by atoms with van der Waals surface area (Å²) in [4.78, 5) is 15.5. The van der Waals surface area contributed by atoms with Gasteiger partial charge in [0.2, 0.25) is 5.91 Å². The van der Waals surface area contributed by atoms with Crippen LogP contribution < -0.4 is 5.73 Å².